The van der Waals surface area contributed by atoms with Crippen molar-refractivity contribution in [3.8, 4) is 0 Å². The van der Waals surface area contributed by atoms with Crippen LogP contribution in [-0.4, -0.2) is 27.0 Å². The maximum atomic E-state index is 12.3. The lowest BCUT2D eigenvalue weighted by molar-refractivity contribution is 0.575. The Balaban J connectivity index is 1.87. The quantitative estimate of drug-likeness (QED) is 0.732. The minimum atomic E-state index is -3.32. The lowest BCUT2D eigenvalue weighted by atomic mass is 10.2. The average Bonchev–Trinajstić information content (AvgIpc) is 2.91. The molecule has 1 saturated carbocycles. The van der Waals surface area contributed by atoms with Gasteiger partial charge in [0.25, 0.3) is 0 Å². The van der Waals surface area contributed by atoms with Crippen LogP contribution >= 0.6 is 11.3 Å². The molecule has 1 aromatic rings. The summed E-state index contributed by atoms with van der Waals surface area (Å²) < 4.78 is 27.9. The lowest BCUT2D eigenvalue weighted by Crippen LogP contribution is -2.26. The fourth-order valence-corrected chi connectivity index (χ4v) is 5.15. The molecule has 1 aliphatic carbocycles. The van der Waals surface area contributed by atoms with E-state index in [1.54, 1.807) is 6.07 Å². The molecular weight excluding hydrogens is 304 g/mol. The van der Waals surface area contributed by atoms with Crippen LogP contribution in [0.3, 0.4) is 0 Å². The first-order valence-corrected chi connectivity index (χ1v) is 10.1. The summed E-state index contributed by atoms with van der Waals surface area (Å²) in [5.41, 5.74) is 0. The van der Waals surface area contributed by atoms with Gasteiger partial charge >= 0.3 is 0 Å². The maximum Gasteiger partial charge on any atom is 0.250 e. The summed E-state index contributed by atoms with van der Waals surface area (Å²) in [5.74, 6) is 0.541. The van der Waals surface area contributed by atoms with Crippen LogP contribution in [0, 0.1) is 5.92 Å². The van der Waals surface area contributed by atoms with Crippen LogP contribution in [0.2, 0.25) is 0 Å². The topological polar surface area (TPSA) is 58.2 Å². The molecule has 2 atom stereocenters. The molecule has 0 aromatic carbocycles. The van der Waals surface area contributed by atoms with Crippen molar-refractivity contribution in [1.82, 2.24) is 10.0 Å². The van der Waals surface area contributed by atoms with E-state index in [2.05, 4.69) is 30.8 Å². The Bertz CT molecular complexity index is 552. The maximum absolute atomic E-state index is 12.3. The van der Waals surface area contributed by atoms with E-state index in [1.165, 1.54) is 11.3 Å². The number of sulfonamides is 1. The molecule has 1 heterocycles. The van der Waals surface area contributed by atoms with E-state index in [0.717, 1.165) is 37.1 Å². The zero-order valence-corrected chi connectivity index (χ0v) is 14.7. The second-order valence-electron chi connectivity index (χ2n) is 6.09. The van der Waals surface area contributed by atoms with Gasteiger partial charge in [-0.2, -0.15) is 0 Å². The Morgan fingerprint density at radius 2 is 2.14 bits per heavy atom. The zero-order valence-electron chi connectivity index (χ0n) is 13.1. The molecule has 2 unspecified atom stereocenters. The van der Waals surface area contributed by atoms with E-state index < -0.39 is 10.0 Å². The average molecular weight is 331 g/mol. The molecule has 2 rings (SSSR count). The van der Waals surface area contributed by atoms with Crippen molar-refractivity contribution in [2.45, 2.75) is 62.7 Å². The number of rotatable bonds is 9. The van der Waals surface area contributed by atoms with Crippen LogP contribution in [0.5, 0.6) is 0 Å². The summed E-state index contributed by atoms with van der Waals surface area (Å²) >= 11 is 1.39. The Hall–Kier alpha value is -0.430. The predicted octanol–water partition coefficient (Wildman–Crippen LogP) is 2.76. The van der Waals surface area contributed by atoms with Gasteiger partial charge in [-0.25, -0.2) is 13.1 Å². The van der Waals surface area contributed by atoms with Gasteiger partial charge < -0.3 is 5.32 Å². The van der Waals surface area contributed by atoms with Gasteiger partial charge in [0.2, 0.25) is 10.0 Å². The highest BCUT2D eigenvalue weighted by molar-refractivity contribution is 7.91. The third kappa shape index (κ3) is 5.06. The fourth-order valence-electron chi connectivity index (χ4n) is 2.46. The molecule has 0 saturated heterocycles. The summed E-state index contributed by atoms with van der Waals surface area (Å²) in [5, 5.41) is 3.35. The van der Waals surface area contributed by atoms with Crippen LogP contribution in [0.15, 0.2) is 16.3 Å². The van der Waals surface area contributed by atoms with E-state index in [4.69, 9.17) is 0 Å². The predicted molar refractivity (Wildman–Crippen MR) is 88.3 cm³/mol. The van der Waals surface area contributed by atoms with E-state index in [0.29, 0.717) is 16.2 Å². The van der Waals surface area contributed by atoms with Gasteiger partial charge in [-0.3, -0.25) is 0 Å². The molecule has 6 heteroatoms. The number of nitrogens with one attached hydrogen (secondary N) is 2. The fraction of sp³-hybridized carbons (Fsp3) is 0.733. The molecule has 1 aliphatic rings. The first-order valence-electron chi connectivity index (χ1n) is 7.76. The van der Waals surface area contributed by atoms with Crippen molar-refractivity contribution < 1.29 is 8.42 Å². The summed E-state index contributed by atoms with van der Waals surface area (Å²) in [4.78, 5) is 1.12. The molecule has 4 nitrogen and oxygen atoms in total. The van der Waals surface area contributed by atoms with Crippen molar-refractivity contribution >= 4 is 21.4 Å². The first-order chi connectivity index (χ1) is 9.92. The molecule has 0 amide bonds. The normalized spacial score (nSPS) is 21.9. The van der Waals surface area contributed by atoms with Crippen molar-refractivity contribution in [1.29, 1.82) is 0 Å². The monoisotopic (exact) mass is 330 g/mol. The van der Waals surface area contributed by atoms with E-state index in [-0.39, 0.29) is 6.04 Å². The largest absolute Gasteiger partial charge is 0.314 e. The highest BCUT2D eigenvalue weighted by Crippen LogP contribution is 2.36. The number of hydrogen-bond donors (Lipinski definition) is 2. The third-order valence-corrected chi connectivity index (χ3v) is 6.84. The summed E-state index contributed by atoms with van der Waals surface area (Å²) in [6.45, 7) is 7.24. The molecule has 2 N–H and O–H groups in total. The van der Waals surface area contributed by atoms with Crippen LogP contribution in [0.25, 0.3) is 0 Å². The van der Waals surface area contributed by atoms with Gasteiger partial charge in [0.15, 0.2) is 0 Å². The lowest BCUT2D eigenvalue weighted by Gasteiger charge is -2.06. The van der Waals surface area contributed by atoms with Crippen molar-refractivity contribution in [3.05, 3.63) is 17.0 Å². The molecule has 0 spiro atoms. The Labute approximate surface area is 132 Å². The second-order valence-corrected chi connectivity index (χ2v) is 9.20. The summed E-state index contributed by atoms with van der Waals surface area (Å²) in [7, 11) is -3.32. The summed E-state index contributed by atoms with van der Waals surface area (Å²) in [6.07, 6.45) is 4.10. The third-order valence-electron chi connectivity index (χ3n) is 3.71. The minimum absolute atomic E-state index is 0.156. The van der Waals surface area contributed by atoms with Crippen molar-refractivity contribution in [2.24, 2.45) is 5.92 Å². The van der Waals surface area contributed by atoms with Gasteiger partial charge in [-0.15, -0.1) is 11.3 Å². The van der Waals surface area contributed by atoms with Crippen LogP contribution in [-0.2, 0) is 16.4 Å². The highest BCUT2D eigenvalue weighted by atomic mass is 32.2. The van der Waals surface area contributed by atoms with Gasteiger partial charge in [0, 0.05) is 23.5 Å². The Morgan fingerprint density at radius 3 is 2.81 bits per heavy atom. The first kappa shape index (κ1) is 16.9. The van der Waals surface area contributed by atoms with E-state index >= 15 is 0 Å². The second kappa shape index (κ2) is 7.22. The highest BCUT2D eigenvalue weighted by Gasteiger charge is 2.39. The Kier molecular flexibility index (Phi) is 5.82. The SMILES string of the molecule is CCCC1CC1NS(=O)(=O)c1ccc(CCNC(C)C)s1. The van der Waals surface area contributed by atoms with Crippen molar-refractivity contribution in [2.75, 3.05) is 6.54 Å². The molecule has 0 bridgehead atoms. The van der Waals surface area contributed by atoms with E-state index in [1.807, 2.05) is 6.07 Å². The van der Waals surface area contributed by atoms with Gasteiger partial charge in [-0.1, -0.05) is 27.2 Å². The van der Waals surface area contributed by atoms with Gasteiger partial charge in [-0.05, 0) is 37.3 Å². The standard InChI is InChI=1S/C15H26N2O2S2/c1-4-5-12-10-14(12)17-21(18,19)15-7-6-13(20-15)8-9-16-11(2)3/h6-7,11-12,14,16-17H,4-5,8-10H2,1-3H3. The van der Waals surface area contributed by atoms with Crippen LogP contribution < -0.4 is 10.0 Å². The Morgan fingerprint density at radius 1 is 1.38 bits per heavy atom. The molecule has 21 heavy (non-hydrogen) atoms. The van der Waals surface area contributed by atoms with Crippen LogP contribution in [0.4, 0.5) is 0 Å². The van der Waals surface area contributed by atoms with Gasteiger partial charge in [0.05, 0.1) is 0 Å². The van der Waals surface area contributed by atoms with Crippen molar-refractivity contribution in [3.63, 3.8) is 0 Å². The van der Waals surface area contributed by atoms with E-state index in [9.17, 15) is 8.42 Å². The molecule has 120 valence electrons. The van der Waals surface area contributed by atoms with Crippen LogP contribution in [0.1, 0.15) is 44.9 Å². The molecular formula is C15H26N2O2S2. The number of thiophene rings is 1. The minimum Gasteiger partial charge on any atom is -0.314 e. The number of hydrogen-bond acceptors (Lipinski definition) is 4. The molecule has 0 radical (unpaired) electrons. The summed E-state index contributed by atoms with van der Waals surface area (Å²) in [6, 6.07) is 4.27. The smallest absolute Gasteiger partial charge is 0.250 e. The zero-order chi connectivity index (χ0) is 15.5. The molecule has 0 aliphatic heterocycles. The molecule has 1 aromatic heterocycles. The molecule has 1 fully saturated rings. The van der Waals surface area contributed by atoms with Gasteiger partial charge in [0.1, 0.15) is 4.21 Å².